The highest BCUT2D eigenvalue weighted by Crippen LogP contribution is 2.30. The molecule has 3 heterocycles. The number of hydrogen-bond donors (Lipinski definition) is 1. The Morgan fingerprint density at radius 3 is 2.48 bits per heavy atom. The normalized spacial score (nSPS) is 21.6. The Morgan fingerprint density at radius 2 is 1.87 bits per heavy atom. The van der Waals surface area contributed by atoms with Gasteiger partial charge in [0.05, 0.1) is 6.33 Å². The molecule has 1 amide bonds. The maximum absolute atomic E-state index is 12.9. The van der Waals surface area contributed by atoms with Gasteiger partial charge >= 0.3 is 6.18 Å². The monoisotopic (exact) mass is 332 g/mol. The lowest BCUT2D eigenvalue weighted by Crippen LogP contribution is -2.53. The minimum absolute atomic E-state index is 0.417. The van der Waals surface area contributed by atoms with Crippen molar-refractivity contribution in [1.82, 2.24) is 19.8 Å². The second-order valence-electron chi connectivity index (χ2n) is 5.80. The standard InChI is InChI=1S/C14H19F3N4O2/c15-14(16,17)12-11(18-9-19-12)13(22)21-5-3-20(4-6-21)10-1-7-23-8-2-10/h9-10H,1-8H2,(H,18,19). The zero-order valence-corrected chi connectivity index (χ0v) is 12.6. The van der Waals surface area contributed by atoms with Crippen molar-refractivity contribution >= 4 is 5.91 Å². The van der Waals surface area contributed by atoms with Crippen LogP contribution >= 0.6 is 0 Å². The lowest BCUT2D eigenvalue weighted by Gasteiger charge is -2.40. The Bertz CT molecular complexity index is 546. The number of nitrogens with zero attached hydrogens (tertiary/aromatic N) is 3. The third kappa shape index (κ3) is 3.50. The third-order valence-corrected chi connectivity index (χ3v) is 4.43. The SMILES string of the molecule is O=C(c1nc[nH]c1C(F)(F)F)N1CCN(C2CCOCC2)CC1. The number of nitrogens with one attached hydrogen (secondary N) is 1. The van der Waals surface area contributed by atoms with Crippen LogP contribution in [0.4, 0.5) is 13.2 Å². The summed E-state index contributed by atoms with van der Waals surface area (Å²) in [5.74, 6) is -0.662. The number of alkyl halides is 3. The molecular formula is C14H19F3N4O2. The molecule has 0 aliphatic carbocycles. The van der Waals surface area contributed by atoms with Crippen LogP contribution in [0.3, 0.4) is 0 Å². The van der Waals surface area contributed by atoms with Gasteiger partial charge in [-0.2, -0.15) is 13.2 Å². The molecule has 0 atom stereocenters. The highest BCUT2D eigenvalue weighted by Gasteiger charge is 2.39. The molecule has 23 heavy (non-hydrogen) atoms. The Morgan fingerprint density at radius 1 is 1.22 bits per heavy atom. The maximum Gasteiger partial charge on any atom is 0.433 e. The molecule has 2 saturated heterocycles. The molecule has 1 aromatic heterocycles. The summed E-state index contributed by atoms with van der Waals surface area (Å²) < 4.78 is 43.9. The minimum atomic E-state index is -4.61. The topological polar surface area (TPSA) is 61.5 Å². The van der Waals surface area contributed by atoms with E-state index in [1.54, 1.807) is 0 Å². The van der Waals surface area contributed by atoms with Gasteiger partial charge < -0.3 is 14.6 Å². The van der Waals surface area contributed by atoms with Crippen molar-refractivity contribution in [2.45, 2.75) is 25.1 Å². The summed E-state index contributed by atoms with van der Waals surface area (Å²) in [6.07, 6.45) is -1.77. The van der Waals surface area contributed by atoms with E-state index in [1.165, 1.54) is 4.90 Å². The number of carbonyl (C=O) groups excluding carboxylic acids is 1. The van der Waals surface area contributed by atoms with Crippen LogP contribution in [0.15, 0.2) is 6.33 Å². The molecule has 0 saturated carbocycles. The van der Waals surface area contributed by atoms with Crippen LogP contribution in [0.2, 0.25) is 0 Å². The van der Waals surface area contributed by atoms with E-state index in [2.05, 4.69) is 9.88 Å². The first-order valence-corrected chi connectivity index (χ1v) is 7.68. The smallest absolute Gasteiger partial charge is 0.381 e. The van der Waals surface area contributed by atoms with Gasteiger partial charge in [-0.3, -0.25) is 9.69 Å². The number of aromatic nitrogens is 2. The quantitative estimate of drug-likeness (QED) is 0.888. The molecule has 128 valence electrons. The highest BCUT2D eigenvalue weighted by molar-refractivity contribution is 5.93. The van der Waals surface area contributed by atoms with Crippen LogP contribution in [-0.2, 0) is 10.9 Å². The maximum atomic E-state index is 12.9. The minimum Gasteiger partial charge on any atom is -0.381 e. The lowest BCUT2D eigenvalue weighted by molar-refractivity contribution is -0.141. The molecule has 0 bridgehead atoms. The second-order valence-corrected chi connectivity index (χ2v) is 5.80. The van der Waals surface area contributed by atoms with Gasteiger partial charge in [-0.05, 0) is 12.8 Å². The first-order valence-electron chi connectivity index (χ1n) is 7.68. The summed E-state index contributed by atoms with van der Waals surface area (Å²) in [6.45, 7) is 3.66. The van der Waals surface area contributed by atoms with Gasteiger partial charge in [0.15, 0.2) is 11.4 Å². The lowest BCUT2D eigenvalue weighted by atomic mass is 10.1. The van der Waals surface area contributed by atoms with Crippen LogP contribution in [0.1, 0.15) is 29.0 Å². The first-order chi connectivity index (χ1) is 11.0. The van der Waals surface area contributed by atoms with Gasteiger partial charge in [0.2, 0.25) is 0 Å². The van der Waals surface area contributed by atoms with Crippen molar-refractivity contribution in [3.05, 3.63) is 17.7 Å². The van der Waals surface area contributed by atoms with Crippen LogP contribution in [-0.4, -0.2) is 71.1 Å². The number of piperazine rings is 1. The summed E-state index contributed by atoms with van der Waals surface area (Å²) in [6, 6.07) is 0.442. The molecule has 2 aliphatic rings. The summed E-state index contributed by atoms with van der Waals surface area (Å²) in [4.78, 5) is 21.6. The van der Waals surface area contributed by atoms with E-state index < -0.39 is 23.5 Å². The van der Waals surface area contributed by atoms with Crippen molar-refractivity contribution in [2.75, 3.05) is 39.4 Å². The fourth-order valence-electron chi connectivity index (χ4n) is 3.16. The van der Waals surface area contributed by atoms with Crippen LogP contribution in [0.25, 0.3) is 0 Å². The predicted octanol–water partition coefficient (Wildman–Crippen LogP) is 1.37. The number of hydrogen-bond acceptors (Lipinski definition) is 4. The molecule has 1 N–H and O–H groups in total. The van der Waals surface area contributed by atoms with Gasteiger partial charge in [-0.1, -0.05) is 0 Å². The predicted molar refractivity (Wildman–Crippen MR) is 74.9 cm³/mol. The highest BCUT2D eigenvalue weighted by atomic mass is 19.4. The number of rotatable bonds is 2. The van der Waals surface area contributed by atoms with Gasteiger partial charge in [0.25, 0.3) is 5.91 Å². The van der Waals surface area contributed by atoms with E-state index in [0.29, 0.717) is 32.2 Å². The molecular weight excluding hydrogens is 313 g/mol. The van der Waals surface area contributed by atoms with Crippen molar-refractivity contribution in [3.63, 3.8) is 0 Å². The van der Waals surface area contributed by atoms with Gasteiger partial charge in [0.1, 0.15) is 0 Å². The molecule has 2 fully saturated rings. The molecule has 2 aliphatic heterocycles. The van der Waals surface area contributed by atoms with E-state index in [0.717, 1.165) is 32.4 Å². The largest absolute Gasteiger partial charge is 0.433 e. The van der Waals surface area contributed by atoms with Crippen LogP contribution < -0.4 is 0 Å². The average molecular weight is 332 g/mol. The number of halogens is 3. The van der Waals surface area contributed by atoms with Crippen LogP contribution in [0.5, 0.6) is 0 Å². The van der Waals surface area contributed by atoms with E-state index in [1.807, 2.05) is 4.98 Å². The summed E-state index contributed by atoms with van der Waals surface area (Å²) >= 11 is 0. The van der Waals surface area contributed by atoms with E-state index in [4.69, 9.17) is 4.74 Å². The Hall–Kier alpha value is -1.61. The zero-order chi connectivity index (χ0) is 16.4. The number of carbonyl (C=O) groups is 1. The number of ether oxygens (including phenoxy) is 1. The van der Waals surface area contributed by atoms with Crippen molar-refractivity contribution in [3.8, 4) is 0 Å². The Kier molecular flexibility index (Phi) is 4.58. The zero-order valence-electron chi connectivity index (χ0n) is 12.6. The van der Waals surface area contributed by atoms with E-state index in [-0.39, 0.29) is 0 Å². The van der Waals surface area contributed by atoms with Gasteiger partial charge in [0, 0.05) is 45.4 Å². The molecule has 3 rings (SSSR count). The van der Waals surface area contributed by atoms with E-state index >= 15 is 0 Å². The van der Waals surface area contributed by atoms with Crippen molar-refractivity contribution in [1.29, 1.82) is 0 Å². The fraction of sp³-hybridized carbons (Fsp3) is 0.714. The van der Waals surface area contributed by atoms with Crippen molar-refractivity contribution in [2.24, 2.45) is 0 Å². The van der Waals surface area contributed by atoms with Gasteiger partial charge in [-0.25, -0.2) is 4.98 Å². The number of amides is 1. The van der Waals surface area contributed by atoms with E-state index in [9.17, 15) is 18.0 Å². The Labute approximate surface area is 131 Å². The third-order valence-electron chi connectivity index (χ3n) is 4.43. The second kappa shape index (κ2) is 6.48. The average Bonchev–Trinajstić information content (AvgIpc) is 3.05. The molecule has 6 nitrogen and oxygen atoms in total. The number of aromatic amines is 1. The summed E-state index contributed by atoms with van der Waals surface area (Å²) in [5.41, 5.74) is -1.62. The molecule has 0 spiro atoms. The molecule has 0 unspecified atom stereocenters. The molecule has 0 aromatic carbocycles. The number of imidazole rings is 1. The molecule has 0 radical (unpaired) electrons. The first kappa shape index (κ1) is 16.3. The summed E-state index contributed by atoms with van der Waals surface area (Å²) in [7, 11) is 0. The molecule has 9 heteroatoms. The van der Waals surface area contributed by atoms with Crippen LogP contribution in [0, 0.1) is 0 Å². The number of H-pyrrole nitrogens is 1. The fourth-order valence-corrected chi connectivity index (χ4v) is 3.16. The Balaban J connectivity index is 1.61. The van der Waals surface area contributed by atoms with Crippen molar-refractivity contribution < 1.29 is 22.7 Å². The summed E-state index contributed by atoms with van der Waals surface area (Å²) in [5, 5.41) is 0. The van der Waals surface area contributed by atoms with Gasteiger partial charge in [-0.15, -0.1) is 0 Å². The molecule has 1 aromatic rings.